The summed E-state index contributed by atoms with van der Waals surface area (Å²) in [6, 6.07) is 6.07. The molecule has 2 atom stereocenters. The summed E-state index contributed by atoms with van der Waals surface area (Å²) in [6.07, 6.45) is 2.88. The largest absolute Gasteiger partial charge is 0.493 e. The number of likely N-dealkylation sites (N-methyl/N-ethyl adjacent to an activating group) is 1. The van der Waals surface area contributed by atoms with Crippen LogP contribution in [0.1, 0.15) is 31.2 Å². The van der Waals surface area contributed by atoms with Gasteiger partial charge in [0.25, 0.3) is 0 Å². The van der Waals surface area contributed by atoms with Crippen molar-refractivity contribution in [1.82, 2.24) is 4.90 Å². The van der Waals surface area contributed by atoms with E-state index >= 15 is 0 Å². The van der Waals surface area contributed by atoms with Gasteiger partial charge in [-0.15, -0.1) is 0 Å². The van der Waals surface area contributed by atoms with E-state index < -0.39 is 5.79 Å². The molecule has 25 heavy (non-hydrogen) atoms. The first-order valence-electron chi connectivity index (χ1n) is 8.80. The van der Waals surface area contributed by atoms with Gasteiger partial charge in [0.1, 0.15) is 0 Å². The van der Waals surface area contributed by atoms with Crippen LogP contribution in [-0.4, -0.2) is 57.1 Å². The fourth-order valence-electron chi connectivity index (χ4n) is 4.80. The molecule has 1 aromatic rings. The van der Waals surface area contributed by atoms with Crippen LogP contribution in [0.2, 0.25) is 0 Å². The maximum Gasteiger partial charge on any atom is 0.223 e. The number of hydrogen-bond acceptors (Lipinski definition) is 5. The van der Waals surface area contributed by atoms with Crippen molar-refractivity contribution in [2.45, 2.75) is 42.9 Å². The summed E-state index contributed by atoms with van der Waals surface area (Å²) >= 11 is 0. The normalized spacial score (nSPS) is 30.6. The van der Waals surface area contributed by atoms with Gasteiger partial charge >= 0.3 is 0 Å². The van der Waals surface area contributed by atoms with Crippen molar-refractivity contribution < 1.29 is 23.7 Å². The van der Waals surface area contributed by atoms with Gasteiger partial charge in [-0.3, -0.25) is 4.79 Å². The second-order valence-electron chi connectivity index (χ2n) is 7.23. The minimum atomic E-state index is -0.524. The highest BCUT2D eigenvalue weighted by molar-refractivity contribution is 5.82. The lowest BCUT2D eigenvalue weighted by molar-refractivity contribution is -0.194. The summed E-state index contributed by atoms with van der Waals surface area (Å²) in [5, 5.41) is 0. The first-order chi connectivity index (χ1) is 12.0. The lowest BCUT2D eigenvalue weighted by Crippen LogP contribution is -2.53. The van der Waals surface area contributed by atoms with Crippen molar-refractivity contribution in [2.75, 3.05) is 34.5 Å². The topological polar surface area (TPSA) is 57.2 Å². The smallest absolute Gasteiger partial charge is 0.223 e. The molecule has 2 saturated heterocycles. The molecule has 3 aliphatic rings. The third kappa shape index (κ3) is 2.42. The zero-order chi connectivity index (χ0) is 17.7. The maximum atomic E-state index is 12.6. The van der Waals surface area contributed by atoms with Gasteiger partial charge < -0.3 is 23.8 Å². The Kier molecular flexibility index (Phi) is 3.92. The van der Waals surface area contributed by atoms with Crippen molar-refractivity contribution in [2.24, 2.45) is 0 Å². The van der Waals surface area contributed by atoms with Crippen LogP contribution < -0.4 is 9.47 Å². The number of rotatable bonds is 3. The van der Waals surface area contributed by atoms with Crippen LogP contribution >= 0.6 is 0 Å². The second-order valence-corrected chi connectivity index (χ2v) is 7.23. The molecule has 4 rings (SSSR count). The Morgan fingerprint density at radius 3 is 2.52 bits per heavy atom. The Hall–Kier alpha value is -1.79. The molecule has 1 aromatic carbocycles. The van der Waals surface area contributed by atoms with Gasteiger partial charge in [-0.25, -0.2) is 0 Å². The van der Waals surface area contributed by atoms with Crippen molar-refractivity contribution in [3.05, 3.63) is 23.8 Å². The number of benzene rings is 1. The van der Waals surface area contributed by atoms with E-state index in [0.29, 0.717) is 37.6 Å². The Morgan fingerprint density at radius 2 is 1.84 bits per heavy atom. The third-order valence-corrected chi connectivity index (χ3v) is 6.19. The van der Waals surface area contributed by atoms with E-state index in [2.05, 4.69) is 6.07 Å². The molecule has 1 amide bonds. The average molecular weight is 347 g/mol. The van der Waals surface area contributed by atoms with E-state index in [9.17, 15) is 4.79 Å². The summed E-state index contributed by atoms with van der Waals surface area (Å²) < 4.78 is 22.7. The zero-order valence-electron chi connectivity index (χ0n) is 15.0. The summed E-state index contributed by atoms with van der Waals surface area (Å²) in [4.78, 5) is 14.5. The molecule has 2 aliphatic heterocycles. The first-order valence-corrected chi connectivity index (χ1v) is 8.80. The number of likely N-dealkylation sites (tertiary alicyclic amines) is 1. The third-order valence-electron chi connectivity index (χ3n) is 6.19. The Labute approximate surface area is 148 Å². The number of nitrogens with zero attached hydrogens (tertiary/aromatic N) is 1. The Morgan fingerprint density at radius 1 is 1.12 bits per heavy atom. The molecule has 3 fully saturated rings. The van der Waals surface area contributed by atoms with E-state index in [4.69, 9.17) is 18.9 Å². The Bertz CT molecular complexity index is 684. The lowest BCUT2D eigenvalue weighted by atomic mass is 9.64. The standard InChI is InChI=1S/C19H25NO5/c1-20-16-11-19(24-8-9-25-19)7-6-18(16,12-17(20)21)13-4-5-14(22-2)15(10-13)23-3/h4-5,10,16H,6-9,11-12H2,1-3H3/t16-,18-/m0/s1. The van der Waals surface area contributed by atoms with Crippen molar-refractivity contribution in [3.63, 3.8) is 0 Å². The van der Waals surface area contributed by atoms with Crippen LogP contribution in [0.25, 0.3) is 0 Å². The number of carbonyl (C=O) groups excluding carboxylic acids is 1. The summed E-state index contributed by atoms with van der Waals surface area (Å²) in [5.41, 5.74) is 0.895. The van der Waals surface area contributed by atoms with E-state index in [-0.39, 0.29) is 17.4 Å². The molecule has 6 heteroatoms. The van der Waals surface area contributed by atoms with Crippen molar-refractivity contribution in [3.8, 4) is 11.5 Å². The van der Waals surface area contributed by atoms with E-state index in [1.165, 1.54) is 0 Å². The van der Waals surface area contributed by atoms with Crippen LogP contribution in [0.3, 0.4) is 0 Å². The average Bonchev–Trinajstić information content (AvgIpc) is 3.19. The number of hydrogen-bond donors (Lipinski definition) is 0. The lowest BCUT2D eigenvalue weighted by Gasteiger charge is -2.47. The predicted molar refractivity (Wildman–Crippen MR) is 90.9 cm³/mol. The number of carbonyl (C=O) groups is 1. The van der Waals surface area contributed by atoms with E-state index in [1.54, 1.807) is 14.2 Å². The molecule has 2 heterocycles. The molecule has 0 N–H and O–H groups in total. The van der Waals surface area contributed by atoms with Gasteiger partial charge in [0, 0.05) is 37.8 Å². The second kappa shape index (κ2) is 5.88. The molecule has 1 spiro atoms. The number of ether oxygens (including phenoxy) is 4. The van der Waals surface area contributed by atoms with Crippen molar-refractivity contribution >= 4 is 5.91 Å². The first kappa shape index (κ1) is 16.7. The highest BCUT2D eigenvalue weighted by atomic mass is 16.7. The summed E-state index contributed by atoms with van der Waals surface area (Å²) in [5.74, 6) is 1.05. The van der Waals surface area contributed by atoms with Gasteiger partial charge in [-0.2, -0.15) is 0 Å². The molecule has 1 saturated carbocycles. The van der Waals surface area contributed by atoms with Gasteiger partial charge in [-0.05, 0) is 24.1 Å². The zero-order valence-corrected chi connectivity index (χ0v) is 15.0. The van der Waals surface area contributed by atoms with Crippen LogP contribution in [-0.2, 0) is 19.7 Å². The molecular formula is C19H25NO5. The van der Waals surface area contributed by atoms with Gasteiger partial charge in [0.2, 0.25) is 5.91 Å². The molecule has 0 radical (unpaired) electrons. The van der Waals surface area contributed by atoms with Crippen molar-refractivity contribution in [1.29, 1.82) is 0 Å². The number of amides is 1. The molecule has 136 valence electrons. The number of methoxy groups -OCH3 is 2. The van der Waals surface area contributed by atoms with Crippen LogP contribution in [0, 0.1) is 0 Å². The van der Waals surface area contributed by atoms with Gasteiger partial charge in [0.15, 0.2) is 17.3 Å². The molecule has 1 aliphatic carbocycles. The molecule has 0 bridgehead atoms. The molecule has 6 nitrogen and oxygen atoms in total. The highest BCUT2D eigenvalue weighted by Gasteiger charge is 2.59. The van der Waals surface area contributed by atoms with Crippen LogP contribution in [0.5, 0.6) is 11.5 Å². The quantitative estimate of drug-likeness (QED) is 0.838. The number of fused-ring (bicyclic) bond motifs is 1. The molecular weight excluding hydrogens is 322 g/mol. The fourth-order valence-corrected chi connectivity index (χ4v) is 4.80. The minimum Gasteiger partial charge on any atom is -0.493 e. The summed E-state index contributed by atoms with van der Waals surface area (Å²) in [6.45, 7) is 1.27. The van der Waals surface area contributed by atoms with Gasteiger partial charge in [0.05, 0.1) is 27.4 Å². The SMILES string of the molecule is COc1ccc([C@@]23CCC4(C[C@@H]2N(C)C(=O)C3)OCCO4)cc1OC. The van der Waals surface area contributed by atoms with Gasteiger partial charge in [-0.1, -0.05) is 6.07 Å². The van der Waals surface area contributed by atoms with Crippen LogP contribution in [0.4, 0.5) is 0 Å². The monoisotopic (exact) mass is 347 g/mol. The summed E-state index contributed by atoms with van der Waals surface area (Å²) in [7, 11) is 5.16. The molecule has 0 unspecified atom stereocenters. The maximum absolute atomic E-state index is 12.6. The fraction of sp³-hybridized carbons (Fsp3) is 0.632. The Balaban J connectivity index is 1.75. The van der Waals surface area contributed by atoms with Crippen LogP contribution in [0.15, 0.2) is 18.2 Å². The molecule has 0 aromatic heterocycles. The van der Waals surface area contributed by atoms with E-state index in [1.807, 2.05) is 24.1 Å². The minimum absolute atomic E-state index is 0.0601. The highest BCUT2D eigenvalue weighted by Crippen LogP contribution is 2.54. The predicted octanol–water partition coefficient (Wildman–Crippen LogP) is 2.10. The van der Waals surface area contributed by atoms with E-state index in [0.717, 1.165) is 18.4 Å².